The number of likely N-dealkylation sites (tertiary alicyclic amines) is 1. The van der Waals surface area contributed by atoms with Crippen LogP contribution < -0.4 is 5.32 Å². The Morgan fingerprint density at radius 3 is 2.47 bits per heavy atom. The SMILES string of the molecule is CCN1CCC(NCc2ccc([N+](=O)[O-])cc2)CC1. The maximum atomic E-state index is 10.6. The number of benzene rings is 1. The molecule has 5 heteroatoms. The van der Waals surface area contributed by atoms with Crippen LogP contribution in [0.5, 0.6) is 0 Å². The van der Waals surface area contributed by atoms with Crippen molar-refractivity contribution in [2.75, 3.05) is 19.6 Å². The van der Waals surface area contributed by atoms with Crippen molar-refractivity contribution in [3.63, 3.8) is 0 Å². The Morgan fingerprint density at radius 1 is 1.32 bits per heavy atom. The number of nitrogens with one attached hydrogen (secondary N) is 1. The molecule has 0 saturated carbocycles. The highest BCUT2D eigenvalue weighted by Gasteiger charge is 2.17. The van der Waals surface area contributed by atoms with Gasteiger partial charge in [0.15, 0.2) is 0 Å². The summed E-state index contributed by atoms with van der Waals surface area (Å²) in [5.41, 5.74) is 1.25. The minimum Gasteiger partial charge on any atom is -0.310 e. The lowest BCUT2D eigenvalue weighted by atomic mass is 10.0. The molecule has 0 atom stereocenters. The van der Waals surface area contributed by atoms with E-state index < -0.39 is 0 Å². The van der Waals surface area contributed by atoms with E-state index in [-0.39, 0.29) is 10.6 Å². The molecule has 1 saturated heterocycles. The van der Waals surface area contributed by atoms with Gasteiger partial charge in [-0.15, -0.1) is 0 Å². The van der Waals surface area contributed by atoms with Crippen molar-refractivity contribution in [1.82, 2.24) is 10.2 Å². The molecular formula is C14H21N3O2. The molecule has 0 bridgehead atoms. The Labute approximate surface area is 113 Å². The van der Waals surface area contributed by atoms with Crippen molar-refractivity contribution in [1.29, 1.82) is 0 Å². The predicted molar refractivity (Wildman–Crippen MR) is 75.1 cm³/mol. The predicted octanol–water partition coefficient (Wildman–Crippen LogP) is 2.17. The summed E-state index contributed by atoms with van der Waals surface area (Å²) in [4.78, 5) is 12.7. The Hall–Kier alpha value is -1.46. The molecule has 1 fully saturated rings. The maximum absolute atomic E-state index is 10.6. The first-order valence-electron chi connectivity index (χ1n) is 6.88. The molecule has 0 radical (unpaired) electrons. The number of nitrogens with zero attached hydrogens (tertiary/aromatic N) is 2. The van der Waals surface area contributed by atoms with E-state index in [9.17, 15) is 10.1 Å². The molecule has 1 N–H and O–H groups in total. The number of nitro benzene ring substituents is 1. The molecule has 0 aromatic heterocycles. The molecule has 0 amide bonds. The van der Waals surface area contributed by atoms with Gasteiger partial charge in [0.1, 0.15) is 0 Å². The molecule has 0 spiro atoms. The van der Waals surface area contributed by atoms with E-state index in [0.29, 0.717) is 6.04 Å². The zero-order chi connectivity index (χ0) is 13.7. The second-order valence-corrected chi connectivity index (χ2v) is 5.01. The highest BCUT2D eigenvalue weighted by molar-refractivity contribution is 5.32. The smallest absolute Gasteiger partial charge is 0.269 e. The summed E-state index contributed by atoms with van der Waals surface area (Å²) in [5, 5.41) is 14.1. The van der Waals surface area contributed by atoms with Crippen LogP contribution in [-0.2, 0) is 6.54 Å². The minimum absolute atomic E-state index is 0.153. The summed E-state index contributed by atoms with van der Waals surface area (Å²) in [6.07, 6.45) is 2.36. The molecular weight excluding hydrogens is 242 g/mol. The van der Waals surface area contributed by atoms with Crippen molar-refractivity contribution < 1.29 is 4.92 Å². The van der Waals surface area contributed by atoms with E-state index >= 15 is 0 Å². The van der Waals surface area contributed by atoms with Crippen LogP contribution in [0.25, 0.3) is 0 Å². The molecule has 1 aliphatic heterocycles. The largest absolute Gasteiger partial charge is 0.310 e. The lowest BCUT2D eigenvalue weighted by Gasteiger charge is -2.31. The number of hydrogen-bond donors (Lipinski definition) is 1. The van der Waals surface area contributed by atoms with Crippen LogP contribution in [0.4, 0.5) is 5.69 Å². The van der Waals surface area contributed by atoms with E-state index in [2.05, 4.69) is 17.1 Å². The Bertz CT molecular complexity index is 411. The summed E-state index contributed by atoms with van der Waals surface area (Å²) in [6, 6.07) is 7.35. The average Bonchev–Trinajstić information content (AvgIpc) is 2.46. The normalized spacial score (nSPS) is 17.5. The molecule has 1 aromatic rings. The van der Waals surface area contributed by atoms with Crippen molar-refractivity contribution in [3.05, 3.63) is 39.9 Å². The van der Waals surface area contributed by atoms with Gasteiger partial charge in [-0.25, -0.2) is 0 Å². The summed E-state index contributed by atoms with van der Waals surface area (Å²) < 4.78 is 0. The zero-order valence-electron chi connectivity index (χ0n) is 11.3. The molecule has 1 aliphatic rings. The fourth-order valence-electron chi connectivity index (χ4n) is 2.45. The molecule has 2 rings (SSSR count). The molecule has 0 unspecified atom stereocenters. The van der Waals surface area contributed by atoms with Gasteiger partial charge < -0.3 is 10.2 Å². The topological polar surface area (TPSA) is 58.4 Å². The fraction of sp³-hybridized carbons (Fsp3) is 0.571. The van der Waals surface area contributed by atoms with Gasteiger partial charge in [-0.1, -0.05) is 19.1 Å². The van der Waals surface area contributed by atoms with Crippen LogP contribution in [-0.4, -0.2) is 35.5 Å². The summed E-state index contributed by atoms with van der Waals surface area (Å²) in [7, 11) is 0. The minimum atomic E-state index is -0.363. The monoisotopic (exact) mass is 263 g/mol. The van der Waals surface area contributed by atoms with Crippen LogP contribution in [0.15, 0.2) is 24.3 Å². The zero-order valence-corrected chi connectivity index (χ0v) is 11.3. The first-order valence-corrected chi connectivity index (χ1v) is 6.88. The van der Waals surface area contributed by atoms with Gasteiger partial charge >= 0.3 is 0 Å². The van der Waals surface area contributed by atoms with E-state index in [1.807, 2.05) is 12.1 Å². The summed E-state index contributed by atoms with van der Waals surface area (Å²) in [6.45, 7) is 6.44. The standard InChI is InChI=1S/C14H21N3O2/c1-2-16-9-7-13(8-10-16)15-11-12-3-5-14(6-4-12)17(18)19/h3-6,13,15H,2,7-11H2,1H3. The highest BCUT2D eigenvalue weighted by Crippen LogP contribution is 2.13. The van der Waals surface area contributed by atoms with Crippen LogP contribution in [0, 0.1) is 10.1 Å². The second kappa shape index (κ2) is 6.63. The third kappa shape index (κ3) is 4.01. The summed E-state index contributed by atoms with van der Waals surface area (Å²) in [5.74, 6) is 0. The fourth-order valence-corrected chi connectivity index (χ4v) is 2.45. The third-order valence-corrected chi connectivity index (χ3v) is 3.78. The van der Waals surface area contributed by atoms with Gasteiger partial charge in [-0.2, -0.15) is 0 Å². The first kappa shape index (κ1) is 14.0. The Kier molecular flexibility index (Phi) is 4.87. The summed E-state index contributed by atoms with van der Waals surface area (Å²) >= 11 is 0. The van der Waals surface area contributed by atoms with Gasteiger partial charge in [0.2, 0.25) is 0 Å². The molecule has 1 aromatic carbocycles. The van der Waals surface area contributed by atoms with E-state index in [1.54, 1.807) is 12.1 Å². The number of nitro groups is 1. The average molecular weight is 263 g/mol. The van der Waals surface area contributed by atoms with Crippen molar-refractivity contribution >= 4 is 5.69 Å². The lowest BCUT2D eigenvalue weighted by molar-refractivity contribution is -0.384. The lowest BCUT2D eigenvalue weighted by Crippen LogP contribution is -2.42. The van der Waals surface area contributed by atoms with Crippen LogP contribution in [0.1, 0.15) is 25.3 Å². The van der Waals surface area contributed by atoms with Gasteiger partial charge in [0.25, 0.3) is 5.69 Å². The quantitative estimate of drug-likeness (QED) is 0.653. The molecule has 19 heavy (non-hydrogen) atoms. The highest BCUT2D eigenvalue weighted by atomic mass is 16.6. The van der Waals surface area contributed by atoms with Crippen molar-refractivity contribution in [3.8, 4) is 0 Å². The maximum Gasteiger partial charge on any atom is 0.269 e. The molecule has 0 aliphatic carbocycles. The number of rotatable bonds is 5. The van der Waals surface area contributed by atoms with Crippen LogP contribution >= 0.6 is 0 Å². The van der Waals surface area contributed by atoms with E-state index in [4.69, 9.17) is 0 Å². The Morgan fingerprint density at radius 2 is 1.95 bits per heavy atom. The Balaban J connectivity index is 1.78. The van der Waals surface area contributed by atoms with E-state index in [0.717, 1.165) is 31.7 Å². The number of non-ortho nitro benzene ring substituents is 1. The number of hydrogen-bond acceptors (Lipinski definition) is 4. The van der Waals surface area contributed by atoms with Crippen molar-refractivity contribution in [2.24, 2.45) is 0 Å². The van der Waals surface area contributed by atoms with Crippen molar-refractivity contribution in [2.45, 2.75) is 32.4 Å². The first-order chi connectivity index (χ1) is 9.19. The number of piperidine rings is 1. The van der Waals surface area contributed by atoms with Gasteiger partial charge in [0, 0.05) is 24.7 Å². The van der Waals surface area contributed by atoms with Crippen LogP contribution in [0.3, 0.4) is 0 Å². The van der Waals surface area contributed by atoms with Crippen LogP contribution in [0.2, 0.25) is 0 Å². The molecule has 1 heterocycles. The third-order valence-electron chi connectivity index (χ3n) is 3.78. The molecule has 5 nitrogen and oxygen atoms in total. The second-order valence-electron chi connectivity index (χ2n) is 5.01. The molecule has 104 valence electrons. The van der Waals surface area contributed by atoms with Gasteiger partial charge in [-0.05, 0) is 38.0 Å². The van der Waals surface area contributed by atoms with Gasteiger partial charge in [0.05, 0.1) is 4.92 Å². The van der Waals surface area contributed by atoms with E-state index in [1.165, 1.54) is 12.8 Å². The van der Waals surface area contributed by atoms with Gasteiger partial charge in [-0.3, -0.25) is 10.1 Å².